The number of hydrogen-bond donors (Lipinski definition) is 1. The third kappa shape index (κ3) is 3.33. The van der Waals surface area contributed by atoms with Gasteiger partial charge < -0.3 is 5.32 Å². The molecule has 0 aromatic heterocycles. The zero-order chi connectivity index (χ0) is 20.7. The molecule has 0 amide bonds. The van der Waals surface area contributed by atoms with E-state index in [1.165, 1.54) is 0 Å². The highest BCUT2D eigenvalue weighted by Gasteiger charge is 2.40. The molecule has 5 nitrogen and oxygen atoms in total. The van der Waals surface area contributed by atoms with E-state index >= 15 is 0 Å². The first kappa shape index (κ1) is 19.5. The Morgan fingerprint density at radius 2 is 1.04 bits per heavy atom. The Labute approximate surface area is 166 Å². The van der Waals surface area contributed by atoms with Crippen molar-refractivity contribution in [3.8, 4) is 24.3 Å². The third-order valence-electron chi connectivity index (χ3n) is 5.78. The van der Waals surface area contributed by atoms with Crippen LogP contribution >= 0.6 is 0 Å². The molecule has 0 fully saturated rings. The standard InChI is InChI=1S/C23H23N5/c1-22(2)6-18(14(10-24)11-25)16-5-17-19(15(12-26)13-27)7-23(3,4)9-21(17)28-20(16)8-22/h28H,5-9H2,1-4H3. The summed E-state index contributed by atoms with van der Waals surface area (Å²) < 4.78 is 0. The van der Waals surface area contributed by atoms with Crippen LogP contribution in [0.15, 0.2) is 44.8 Å². The lowest BCUT2D eigenvalue weighted by Crippen LogP contribution is -2.35. The quantitative estimate of drug-likeness (QED) is 0.616. The lowest BCUT2D eigenvalue weighted by Gasteiger charge is -2.43. The number of nitrogens with zero attached hydrogens (tertiary/aromatic N) is 4. The average Bonchev–Trinajstić information content (AvgIpc) is 2.60. The van der Waals surface area contributed by atoms with Crippen molar-refractivity contribution in [2.75, 3.05) is 0 Å². The Kier molecular flexibility index (Phi) is 4.67. The van der Waals surface area contributed by atoms with Gasteiger partial charge in [0.2, 0.25) is 0 Å². The van der Waals surface area contributed by atoms with E-state index in [1.807, 2.05) is 0 Å². The molecule has 0 unspecified atom stereocenters. The van der Waals surface area contributed by atoms with E-state index in [4.69, 9.17) is 0 Å². The molecule has 5 heteroatoms. The van der Waals surface area contributed by atoms with E-state index < -0.39 is 0 Å². The Balaban J connectivity index is 2.19. The van der Waals surface area contributed by atoms with E-state index in [2.05, 4.69) is 57.3 Å². The summed E-state index contributed by atoms with van der Waals surface area (Å²) in [5, 5.41) is 41.5. The maximum absolute atomic E-state index is 9.48. The van der Waals surface area contributed by atoms with Gasteiger partial charge in [-0.05, 0) is 58.8 Å². The minimum atomic E-state index is -0.0501. The van der Waals surface area contributed by atoms with Gasteiger partial charge in [-0.1, -0.05) is 27.7 Å². The highest BCUT2D eigenvalue weighted by Crippen LogP contribution is 2.51. The average molecular weight is 369 g/mol. The summed E-state index contributed by atoms with van der Waals surface area (Å²) in [4.78, 5) is 0. The van der Waals surface area contributed by atoms with Crippen molar-refractivity contribution in [3.05, 3.63) is 44.8 Å². The van der Waals surface area contributed by atoms with Crippen LogP contribution < -0.4 is 5.32 Å². The van der Waals surface area contributed by atoms with E-state index in [0.717, 1.165) is 46.5 Å². The van der Waals surface area contributed by atoms with Crippen molar-refractivity contribution in [3.63, 3.8) is 0 Å². The molecule has 1 N–H and O–H groups in total. The summed E-state index contributed by atoms with van der Waals surface area (Å²) in [5.74, 6) is 0. The molecule has 3 rings (SSSR count). The van der Waals surface area contributed by atoms with Crippen molar-refractivity contribution in [1.29, 1.82) is 21.0 Å². The zero-order valence-electron chi connectivity index (χ0n) is 16.8. The lowest BCUT2D eigenvalue weighted by molar-refractivity contribution is 0.315. The number of nitrogens with one attached hydrogen (secondary N) is 1. The van der Waals surface area contributed by atoms with E-state index in [0.29, 0.717) is 19.3 Å². The van der Waals surface area contributed by atoms with Gasteiger partial charge in [0, 0.05) is 17.8 Å². The van der Waals surface area contributed by atoms with Crippen molar-refractivity contribution >= 4 is 0 Å². The Bertz CT molecular complexity index is 930. The third-order valence-corrected chi connectivity index (χ3v) is 5.78. The van der Waals surface area contributed by atoms with Gasteiger partial charge in [-0.2, -0.15) is 21.0 Å². The zero-order valence-corrected chi connectivity index (χ0v) is 16.8. The molecular formula is C23H23N5. The summed E-state index contributed by atoms with van der Waals surface area (Å²) >= 11 is 0. The van der Waals surface area contributed by atoms with Gasteiger partial charge >= 0.3 is 0 Å². The minimum Gasteiger partial charge on any atom is -0.362 e. The summed E-state index contributed by atoms with van der Waals surface area (Å²) in [6.45, 7) is 8.59. The first-order chi connectivity index (χ1) is 13.1. The molecule has 3 aliphatic rings. The van der Waals surface area contributed by atoms with Gasteiger partial charge in [-0.15, -0.1) is 0 Å². The first-order valence-electron chi connectivity index (χ1n) is 9.43. The minimum absolute atomic E-state index is 0.0501. The second-order valence-corrected chi connectivity index (χ2v) is 9.41. The van der Waals surface area contributed by atoms with Crippen LogP contribution in [0, 0.1) is 56.2 Å². The topological polar surface area (TPSA) is 107 Å². The highest BCUT2D eigenvalue weighted by atomic mass is 14.9. The maximum atomic E-state index is 9.48. The van der Waals surface area contributed by atoms with Crippen LogP contribution in [0.3, 0.4) is 0 Å². The van der Waals surface area contributed by atoms with Crippen LogP contribution in [-0.4, -0.2) is 0 Å². The van der Waals surface area contributed by atoms with Crippen LogP contribution in [0.25, 0.3) is 0 Å². The summed E-state index contributed by atoms with van der Waals surface area (Å²) in [6.07, 6.45) is 3.58. The van der Waals surface area contributed by atoms with Crippen molar-refractivity contribution in [2.24, 2.45) is 10.8 Å². The van der Waals surface area contributed by atoms with Gasteiger partial charge in [0.15, 0.2) is 0 Å². The summed E-state index contributed by atoms with van der Waals surface area (Å²) in [6, 6.07) is 8.23. The van der Waals surface area contributed by atoms with Gasteiger partial charge in [-0.25, -0.2) is 0 Å². The van der Waals surface area contributed by atoms with Crippen molar-refractivity contribution < 1.29 is 0 Å². The second kappa shape index (κ2) is 6.71. The smallest absolute Gasteiger partial charge is 0.133 e. The van der Waals surface area contributed by atoms with Gasteiger partial charge in [-0.3, -0.25) is 0 Å². The van der Waals surface area contributed by atoms with E-state index in [-0.39, 0.29) is 22.0 Å². The van der Waals surface area contributed by atoms with Gasteiger partial charge in [0.05, 0.1) is 0 Å². The molecule has 140 valence electrons. The highest BCUT2D eigenvalue weighted by molar-refractivity contribution is 5.61. The molecule has 0 aromatic rings. The Morgan fingerprint density at radius 1 is 0.679 bits per heavy atom. The molecule has 1 aliphatic heterocycles. The fraction of sp³-hybridized carbons (Fsp3) is 0.478. The molecule has 0 saturated carbocycles. The van der Waals surface area contributed by atoms with Crippen LogP contribution in [-0.2, 0) is 0 Å². The van der Waals surface area contributed by atoms with E-state index in [9.17, 15) is 21.0 Å². The second-order valence-electron chi connectivity index (χ2n) is 9.41. The maximum Gasteiger partial charge on any atom is 0.133 e. The molecule has 0 aromatic carbocycles. The molecule has 28 heavy (non-hydrogen) atoms. The summed E-state index contributed by atoms with van der Waals surface area (Å²) in [7, 11) is 0. The summed E-state index contributed by atoms with van der Waals surface area (Å²) in [5.41, 5.74) is 5.94. The normalized spacial score (nSPS) is 21.9. The van der Waals surface area contributed by atoms with E-state index in [1.54, 1.807) is 0 Å². The molecular weight excluding hydrogens is 346 g/mol. The number of allylic oxidation sites excluding steroid dienone is 8. The fourth-order valence-corrected chi connectivity index (χ4v) is 4.65. The van der Waals surface area contributed by atoms with Gasteiger partial charge in [0.1, 0.15) is 35.4 Å². The molecule has 1 heterocycles. The largest absolute Gasteiger partial charge is 0.362 e. The predicted octanol–water partition coefficient (Wildman–Crippen LogP) is 4.82. The van der Waals surface area contributed by atoms with Gasteiger partial charge in [0.25, 0.3) is 0 Å². The van der Waals surface area contributed by atoms with Crippen LogP contribution in [0.4, 0.5) is 0 Å². The fourth-order valence-electron chi connectivity index (χ4n) is 4.65. The predicted molar refractivity (Wildman–Crippen MR) is 104 cm³/mol. The molecule has 0 radical (unpaired) electrons. The Hall–Kier alpha value is -3.28. The molecule has 2 aliphatic carbocycles. The van der Waals surface area contributed by atoms with Crippen LogP contribution in [0.5, 0.6) is 0 Å². The van der Waals surface area contributed by atoms with Crippen molar-refractivity contribution in [2.45, 2.75) is 59.8 Å². The number of rotatable bonds is 0. The Morgan fingerprint density at radius 3 is 1.36 bits per heavy atom. The van der Waals surface area contributed by atoms with Crippen LogP contribution in [0.1, 0.15) is 59.8 Å². The molecule has 0 spiro atoms. The SMILES string of the molecule is CC1(C)CC2=C(CC3=C(CC(C)(C)CC3=C(C#N)C#N)N2)C(=C(C#N)C#N)C1. The number of dihydropyridines is 1. The monoisotopic (exact) mass is 369 g/mol. The van der Waals surface area contributed by atoms with Crippen molar-refractivity contribution in [1.82, 2.24) is 5.32 Å². The number of hydrogen-bond acceptors (Lipinski definition) is 5. The first-order valence-corrected chi connectivity index (χ1v) is 9.43. The lowest BCUT2D eigenvalue weighted by atomic mass is 9.66. The molecule has 0 saturated heterocycles. The molecule has 0 atom stereocenters. The molecule has 0 bridgehead atoms. The number of nitriles is 4. The van der Waals surface area contributed by atoms with Crippen LogP contribution in [0.2, 0.25) is 0 Å².